The van der Waals surface area contributed by atoms with Crippen LogP contribution in [0.4, 0.5) is 0 Å². The monoisotopic (exact) mass is 207 g/mol. The lowest BCUT2D eigenvalue weighted by Gasteiger charge is -2.08. The van der Waals surface area contributed by atoms with Gasteiger partial charge in [0.25, 0.3) is 0 Å². The van der Waals surface area contributed by atoms with Crippen molar-refractivity contribution in [2.24, 2.45) is 5.92 Å². The maximum Gasteiger partial charge on any atom is 0.00433 e. The van der Waals surface area contributed by atoms with E-state index in [1.807, 2.05) is 0 Å². The molecule has 0 bridgehead atoms. The van der Waals surface area contributed by atoms with Crippen molar-refractivity contribution in [3.63, 3.8) is 0 Å². The van der Waals surface area contributed by atoms with Crippen molar-refractivity contribution in [3.8, 4) is 0 Å². The molecule has 0 spiro atoms. The lowest BCUT2D eigenvalue weighted by atomic mass is 10.1. The Morgan fingerprint density at radius 3 is 2.70 bits per heavy atom. The second-order valence-corrected chi connectivity index (χ2v) is 3.55. The fourth-order valence-corrected chi connectivity index (χ4v) is 0.965. The van der Waals surface area contributed by atoms with E-state index in [9.17, 15) is 0 Å². The lowest BCUT2D eigenvalue weighted by Crippen LogP contribution is -2.21. The molecule has 0 fully saturated rings. The number of rotatable bonds is 6. The largest absolute Gasteiger partial charge is 0.316 e. The Bertz CT molecular complexity index is 66.3. The molecule has 0 saturated carbocycles. The Labute approximate surface area is 72.7 Å². The third-order valence-electron chi connectivity index (χ3n) is 1.68. The summed E-state index contributed by atoms with van der Waals surface area (Å²) in [5, 5.41) is 4.52. The molecule has 10 heavy (non-hydrogen) atoms. The number of halogens is 1. The van der Waals surface area contributed by atoms with Crippen LogP contribution in [0.3, 0.4) is 0 Å². The molecule has 0 rings (SSSR count). The van der Waals surface area contributed by atoms with Gasteiger partial charge in [0.15, 0.2) is 0 Å². The maximum absolute atomic E-state index is 3.41. The van der Waals surface area contributed by atoms with Crippen LogP contribution in [0.1, 0.15) is 26.7 Å². The molecule has 0 saturated heterocycles. The summed E-state index contributed by atoms with van der Waals surface area (Å²) in [6, 6.07) is 0. The van der Waals surface area contributed by atoms with Crippen LogP contribution in [0.2, 0.25) is 0 Å². The van der Waals surface area contributed by atoms with Crippen molar-refractivity contribution in [2.75, 3.05) is 18.4 Å². The van der Waals surface area contributed by atoms with E-state index in [4.69, 9.17) is 0 Å². The van der Waals surface area contributed by atoms with E-state index < -0.39 is 0 Å². The van der Waals surface area contributed by atoms with Crippen LogP contribution in [0.5, 0.6) is 0 Å². The van der Waals surface area contributed by atoms with Crippen molar-refractivity contribution in [2.45, 2.75) is 26.7 Å². The summed E-state index contributed by atoms with van der Waals surface area (Å²) in [7, 11) is 0. The summed E-state index contributed by atoms with van der Waals surface area (Å²) in [4.78, 5) is 0. The van der Waals surface area contributed by atoms with Crippen LogP contribution < -0.4 is 5.32 Å². The van der Waals surface area contributed by atoms with Gasteiger partial charge in [0, 0.05) is 5.33 Å². The first-order valence-electron chi connectivity index (χ1n) is 4.08. The molecule has 2 heteroatoms. The van der Waals surface area contributed by atoms with Gasteiger partial charge in [-0.1, -0.05) is 36.2 Å². The normalized spacial score (nSPS) is 13.5. The molecular weight excluding hydrogens is 190 g/mol. The van der Waals surface area contributed by atoms with Gasteiger partial charge in [-0.2, -0.15) is 0 Å². The molecule has 0 heterocycles. The first kappa shape index (κ1) is 10.4. The molecule has 0 aromatic carbocycles. The van der Waals surface area contributed by atoms with Crippen molar-refractivity contribution in [1.82, 2.24) is 5.32 Å². The van der Waals surface area contributed by atoms with Gasteiger partial charge in [0.05, 0.1) is 0 Å². The Morgan fingerprint density at radius 1 is 1.50 bits per heavy atom. The summed E-state index contributed by atoms with van der Waals surface area (Å²) in [6.45, 7) is 6.83. The molecule has 1 atom stereocenters. The van der Waals surface area contributed by atoms with Crippen molar-refractivity contribution in [1.29, 1.82) is 0 Å². The molecular formula is C8H18BrN. The summed E-state index contributed by atoms with van der Waals surface area (Å²) < 4.78 is 0. The van der Waals surface area contributed by atoms with E-state index in [1.165, 1.54) is 19.4 Å². The molecule has 1 N–H and O–H groups in total. The minimum absolute atomic E-state index is 0.829. The van der Waals surface area contributed by atoms with E-state index in [2.05, 4.69) is 35.1 Å². The summed E-state index contributed by atoms with van der Waals surface area (Å²) in [6.07, 6.45) is 2.51. The zero-order valence-corrected chi connectivity index (χ0v) is 8.58. The number of nitrogens with one attached hydrogen (secondary N) is 1. The molecule has 0 amide bonds. The van der Waals surface area contributed by atoms with Crippen LogP contribution in [-0.2, 0) is 0 Å². The highest BCUT2D eigenvalue weighted by Crippen LogP contribution is 1.96. The highest BCUT2D eigenvalue weighted by molar-refractivity contribution is 9.09. The molecule has 0 aliphatic carbocycles. The molecule has 62 valence electrons. The highest BCUT2D eigenvalue weighted by Gasteiger charge is 1.95. The first-order chi connectivity index (χ1) is 4.81. The van der Waals surface area contributed by atoms with Gasteiger partial charge in [-0.15, -0.1) is 0 Å². The zero-order chi connectivity index (χ0) is 7.82. The van der Waals surface area contributed by atoms with Gasteiger partial charge in [0.2, 0.25) is 0 Å². The van der Waals surface area contributed by atoms with Crippen molar-refractivity contribution in [3.05, 3.63) is 0 Å². The van der Waals surface area contributed by atoms with E-state index in [0.717, 1.165) is 17.8 Å². The number of hydrogen-bond donors (Lipinski definition) is 1. The van der Waals surface area contributed by atoms with Gasteiger partial charge < -0.3 is 5.32 Å². The topological polar surface area (TPSA) is 12.0 Å². The van der Waals surface area contributed by atoms with E-state index in [-0.39, 0.29) is 0 Å². The van der Waals surface area contributed by atoms with Gasteiger partial charge >= 0.3 is 0 Å². The summed E-state index contributed by atoms with van der Waals surface area (Å²) in [5.41, 5.74) is 0. The average Bonchev–Trinajstić information content (AvgIpc) is 1.98. The highest BCUT2D eigenvalue weighted by atomic mass is 79.9. The third kappa shape index (κ3) is 6.56. The van der Waals surface area contributed by atoms with Gasteiger partial charge in [-0.3, -0.25) is 0 Å². The summed E-state index contributed by atoms with van der Waals surface area (Å²) >= 11 is 3.39. The second kappa shape index (κ2) is 7.55. The molecule has 1 unspecified atom stereocenters. The smallest absolute Gasteiger partial charge is 0.00433 e. The maximum atomic E-state index is 3.41. The average molecular weight is 208 g/mol. The van der Waals surface area contributed by atoms with Gasteiger partial charge in [-0.05, 0) is 25.4 Å². The molecule has 1 nitrogen and oxygen atoms in total. The standard InChI is InChI=1S/C8H18BrN/c1-3-8(2)7-10-6-4-5-9/h8,10H,3-7H2,1-2H3. The third-order valence-corrected chi connectivity index (χ3v) is 2.24. The predicted octanol–water partition coefficient (Wildman–Crippen LogP) is 2.41. The first-order valence-corrected chi connectivity index (χ1v) is 5.20. The van der Waals surface area contributed by atoms with Crippen LogP contribution in [0.15, 0.2) is 0 Å². The second-order valence-electron chi connectivity index (χ2n) is 2.76. The molecule has 0 radical (unpaired) electrons. The lowest BCUT2D eigenvalue weighted by molar-refractivity contribution is 0.501. The minimum Gasteiger partial charge on any atom is -0.316 e. The molecule has 0 aliphatic heterocycles. The Morgan fingerprint density at radius 2 is 2.20 bits per heavy atom. The molecule has 0 aliphatic rings. The predicted molar refractivity (Wildman–Crippen MR) is 50.7 cm³/mol. The van der Waals surface area contributed by atoms with E-state index in [0.29, 0.717) is 0 Å². The van der Waals surface area contributed by atoms with Crippen LogP contribution in [0.25, 0.3) is 0 Å². The van der Waals surface area contributed by atoms with Crippen LogP contribution in [-0.4, -0.2) is 18.4 Å². The van der Waals surface area contributed by atoms with Gasteiger partial charge in [-0.25, -0.2) is 0 Å². The molecule has 0 aromatic rings. The Balaban J connectivity index is 2.89. The Kier molecular flexibility index (Phi) is 7.88. The summed E-state index contributed by atoms with van der Waals surface area (Å²) in [5.74, 6) is 0.829. The SMILES string of the molecule is CCC(C)CNCCCBr. The fourth-order valence-electron chi connectivity index (χ4n) is 0.685. The zero-order valence-electron chi connectivity index (χ0n) is 6.99. The van der Waals surface area contributed by atoms with Crippen LogP contribution in [0, 0.1) is 5.92 Å². The van der Waals surface area contributed by atoms with Gasteiger partial charge in [0.1, 0.15) is 0 Å². The number of hydrogen-bond acceptors (Lipinski definition) is 1. The Hall–Kier alpha value is 0.440. The quantitative estimate of drug-likeness (QED) is 0.522. The minimum atomic E-state index is 0.829. The van der Waals surface area contributed by atoms with Crippen molar-refractivity contribution < 1.29 is 0 Å². The number of alkyl halides is 1. The van der Waals surface area contributed by atoms with E-state index >= 15 is 0 Å². The van der Waals surface area contributed by atoms with Crippen molar-refractivity contribution >= 4 is 15.9 Å². The van der Waals surface area contributed by atoms with E-state index in [1.54, 1.807) is 0 Å². The fraction of sp³-hybridized carbons (Fsp3) is 1.00. The molecule has 0 aromatic heterocycles. The van der Waals surface area contributed by atoms with Crippen LogP contribution >= 0.6 is 15.9 Å².